The highest BCUT2D eigenvalue weighted by atomic mass is 79.9. The zero-order valence-corrected chi connectivity index (χ0v) is 8.34. The summed E-state index contributed by atoms with van der Waals surface area (Å²) in [5.41, 5.74) is 0.457. The van der Waals surface area contributed by atoms with Gasteiger partial charge in [0.1, 0.15) is 6.26 Å². The van der Waals surface area contributed by atoms with Crippen LogP contribution in [-0.2, 0) is 0 Å². The van der Waals surface area contributed by atoms with Gasteiger partial charge in [0, 0.05) is 13.1 Å². The molecule has 0 amide bonds. The number of furan rings is 1. The van der Waals surface area contributed by atoms with Crippen LogP contribution in [0.15, 0.2) is 30.4 Å². The van der Waals surface area contributed by atoms with E-state index in [0.717, 1.165) is 0 Å². The highest BCUT2D eigenvalue weighted by molar-refractivity contribution is 9.10. The molecule has 0 saturated carbocycles. The van der Waals surface area contributed by atoms with E-state index < -0.39 is 0 Å². The number of nitrogens with one attached hydrogen (secondary N) is 1. The fraction of sp³-hybridized carbons (Fsp3) is 0.125. The lowest BCUT2D eigenvalue weighted by Gasteiger charge is -1.96. The predicted molar refractivity (Wildman–Crippen MR) is 52.0 cm³/mol. The Balaban J connectivity index is 2.88. The zero-order chi connectivity index (χ0) is 9.42. The van der Waals surface area contributed by atoms with Crippen LogP contribution >= 0.6 is 15.9 Å². The van der Waals surface area contributed by atoms with Crippen LogP contribution in [0.4, 0.5) is 5.88 Å². The van der Waals surface area contributed by atoms with Crippen molar-refractivity contribution in [1.29, 1.82) is 0 Å². The summed E-state index contributed by atoms with van der Waals surface area (Å²) < 4.78 is 10.9. The number of anilines is 1. The van der Waals surface area contributed by atoms with Crippen molar-refractivity contribution >= 4 is 33.0 Å². The molecule has 0 unspecified atom stereocenters. The Morgan fingerprint density at radius 3 is 2.92 bits per heavy atom. The summed E-state index contributed by atoms with van der Waals surface area (Å²) in [6.45, 7) is 0. The van der Waals surface area contributed by atoms with Crippen molar-refractivity contribution in [3.63, 3.8) is 0 Å². The van der Waals surface area contributed by atoms with Crippen LogP contribution in [0.25, 0.3) is 11.2 Å². The van der Waals surface area contributed by atoms with E-state index >= 15 is 0 Å². The molecule has 2 heterocycles. The van der Waals surface area contributed by atoms with E-state index in [9.17, 15) is 4.79 Å². The molecule has 0 aliphatic heterocycles. The standard InChI is InChI=1S/C8H6BrNO3/c1-10-6-2-5(11)8-7(13-6)4(9)3-12-8/h2-3,10H,1H3. The minimum atomic E-state index is -0.198. The van der Waals surface area contributed by atoms with Gasteiger partial charge in [0.05, 0.1) is 4.47 Å². The Morgan fingerprint density at radius 2 is 2.23 bits per heavy atom. The Hall–Kier alpha value is -1.23. The van der Waals surface area contributed by atoms with Crippen LogP contribution in [0, 0.1) is 0 Å². The number of halogens is 1. The summed E-state index contributed by atoms with van der Waals surface area (Å²) in [5.74, 6) is 0.416. The van der Waals surface area contributed by atoms with Gasteiger partial charge in [-0.3, -0.25) is 4.79 Å². The molecule has 68 valence electrons. The van der Waals surface area contributed by atoms with Crippen molar-refractivity contribution in [2.24, 2.45) is 0 Å². The van der Waals surface area contributed by atoms with Gasteiger partial charge < -0.3 is 14.2 Å². The lowest BCUT2D eigenvalue weighted by Crippen LogP contribution is -2.00. The maximum absolute atomic E-state index is 11.4. The molecule has 0 atom stereocenters. The average Bonchev–Trinajstić information content (AvgIpc) is 2.48. The van der Waals surface area contributed by atoms with Gasteiger partial charge in [-0.1, -0.05) is 0 Å². The second kappa shape index (κ2) is 2.92. The predicted octanol–water partition coefficient (Wildman–Crippen LogP) is 2.19. The molecular formula is C8H6BrNO3. The van der Waals surface area contributed by atoms with E-state index in [4.69, 9.17) is 8.83 Å². The minimum Gasteiger partial charge on any atom is -0.456 e. The average molecular weight is 244 g/mol. The molecule has 0 spiro atoms. The van der Waals surface area contributed by atoms with E-state index in [1.165, 1.54) is 12.3 Å². The van der Waals surface area contributed by atoms with Gasteiger partial charge in [0.15, 0.2) is 11.5 Å². The number of fused-ring (bicyclic) bond motifs is 1. The molecule has 2 aromatic rings. The fourth-order valence-corrected chi connectivity index (χ4v) is 1.39. The van der Waals surface area contributed by atoms with E-state index in [2.05, 4.69) is 21.2 Å². The maximum atomic E-state index is 11.4. The second-order valence-electron chi connectivity index (χ2n) is 2.47. The van der Waals surface area contributed by atoms with Gasteiger partial charge >= 0.3 is 0 Å². The van der Waals surface area contributed by atoms with Gasteiger partial charge in [0.2, 0.25) is 11.0 Å². The molecule has 0 aliphatic rings. The first-order chi connectivity index (χ1) is 6.22. The summed E-state index contributed by atoms with van der Waals surface area (Å²) >= 11 is 3.21. The van der Waals surface area contributed by atoms with Gasteiger partial charge in [0.25, 0.3) is 0 Å². The Labute approximate surface area is 81.7 Å². The molecule has 5 heteroatoms. The third-order valence-corrected chi connectivity index (χ3v) is 2.19. The normalized spacial score (nSPS) is 10.6. The van der Waals surface area contributed by atoms with E-state index in [1.807, 2.05) is 0 Å². The zero-order valence-electron chi connectivity index (χ0n) is 6.76. The maximum Gasteiger partial charge on any atom is 0.230 e. The van der Waals surface area contributed by atoms with Crippen molar-refractivity contribution < 1.29 is 8.83 Å². The highest BCUT2D eigenvalue weighted by Crippen LogP contribution is 2.25. The van der Waals surface area contributed by atoms with E-state index in [-0.39, 0.29) is 11.0 Å². The Bertz CT molecular complexity index is 500. The smallest absolute Gasteiger partial charge is 0.230 e. The third-order valence-electron chi connectivity index (χ3n) is 1.65. The number of hydrogen-bond donors (Lipinski definition) is 1. The SMILES string of the molecule is CNc1cc(=O)c2occ(Br)c2o1. The summed E-state index contributed by atoms with van der Waals surface area (Å²) in [4.78, 5) is 11.4. The van der Waals surface area contributed by atoms with Crippen LogP contribution in [0.5, 0.6) is 0 Å². The van der Waals surface area contributed by atoms with Crippen LogP contribution in [0.2, 0.25) is 0 Å². The molecule has 0 aliphatic carbocycles. The van der Waals surface area contributed by atoms with Gasteiger partial charge in [-0.25, -0.2) is 0 Å². The molecule has 0 fully saturated rings. The molecule has 2 rings (SSSR count). The molecule has 0 aromatic carbocycles. The van der Waals surface area contributed by atoms with Crippen LogP contribution in [0.1, 0.15) is 0 Å². The molecule has 2 aromatic heterocycles. The second-order valence-corrected chi connectivity index (χ2v) is 3.32. The first-order valence-electron chi connectivity index (χ1n) is 3.61. The summed E-state index contributed by atoms with van der Waals surface area (Å²) in [6.07, 6.45) is 1.43. The molecule has 13 heavy (non-hydrogen) atoms. The van der Waals surface area contributed by atoms with Gasteiger partial charge in [-0.2, -0.15) is 0 Å². The van der Waals surface area contributed by atoms with Crippen molar-refractivity contribution in [2.75, 3.05) is 12.4 Å². The molecule has 0 saturated heterocycles. The van der Waals surface area contributed by atoms with Gasteiger partial charge in [-0.05, 0) is 15.9 Å². The lowest BCUT2D eigenvalue weighted by molar-refractivity contribution is 0.587. The van der Waals surface area contributed by atoms with Crippen LogP contribution < -0.4 is 10.7 Å². The van der Waals surface area contributed by atoms with Crippen molar-refractivity contribution in [3.05, 3.63) is 27.0 Å². The van der Waals surface area contributed by atoms with E-state index in [1.54, 1.807) is 7.05 Å². The van der Waals surface area contributed by atoms with Crippen LogP contribution in [-0.4, -0.2) is 7.05 Å². The quantitative estimate of drug-likeness (QED) is 0.835. The third kappa shape index (κ3) is 1.25. The lowest BCUT2D eigenvalue weighted by atomic mass is 10.4. The first kappa shape index (κ1) is 8.37. The fourth-order valence-electron chi connectivity index (χ4n) is 1.04. The number of rotatable bonds is 1. The molecule has 4 nitrogen and oxygen atoms in total. The first-order valence-corrected chi connectivity index (χ1v) is 4.40. The number of hydrogen-bond acceptors (Lipinski definition) is 4. The largest absolute Gasteiger partial charge is 0.456 e. The molecule has 1 N–H and O–H groups in total. The van der Waals surface area contributed by atoms with Gasteiger partial charge in [-0.15, -0.1) is 0 Å². The summed E-state index contributed by atoms with van der Waals surface area (Å²) in [5, 5.41) is 2.75. The monoisotopic (exact) mass is 243 g/mol. The topological polar surface area (TPSA) is 55.4 Å². The van der Waals surface area contributed by atoms with Crippen molar-refractivity contribution in [2.45, 2.75) is 0 Å². The Kier molecular flexibility index (Phi) is 1.88. The minimum absolute atomic E-state index is 0.198. The van der Waals surface area contributed by atoms with Crippen molar-refractivity contribution in [1.82, 2.24) is 0 Å². The van der Waals surface area contributed by atoms with E-state index in [0.29, 0.717) is 15.9 Å². The highest BCUT2D eigenvalue weighted by Gasteiger charge is 2.10. The van der Waals surface area contributed by atoms with Crippen LogP contribution in [0.3, 0.4) is 0 Å². The van der Waals surface area contributed by atoms with Crippen molar-refractivity contribution in [3.8, 4) is 0 Å². The Morgan fingerprint density at radius 1 is 1.46 bits per heavy atom. The summed E-state index contributed by atoms with van der Waals surface area (Å²) in [7, 11) is 1.68. The molecule has 0 bridgehead atoms. The summed E-state index contributed by atoms with van der Waals surface area (Å²) in [6, 6.07) is 1.35. The molecular weight excluding hydrogens is 238 g/mol. The molecule has 0 radical (unpaired) electrons.